The number of rotatable bonds is 4. The van der Waals surface area contributed by atoms with Gasteiger partial charge in [0.1, 0.15) is 0 Å². The quantitative estimate of drug-likeness (QED) is 0.687. The van der Waals surface area contributed by atoms with Gasteiger partial charge in [0.15, 0.2) is 11.8 Å². The van der Waals surface area contributed by atoms with E-state index in [0.29, 0.717) is 11.3 Å². The van der Waals surface area contributed by atoms with Crippen LogP contribution in [0.25, 0.3) is 0 Å². The van der Waals surface area contributed by atoms with Gasteiger partial charge in [-0.3, -0.25) is 4.79 Å². The molecule has 2 aromatic rings. The number of halogens is 1. The van der Waals surface area contributed by atoms with E-state index in [1.54, 1.807) is 12.1 Å². The second kappa shape index (κ2) is 7.24. The van der Waals surface area contributed by atoms with E-state index in [1.165, 1.54) is 6.20 Å². The molecule has 2 rings (SSSR count). The van der Waals surface area contributed by atoms with Gasteiger partial charge < -0.3 is 10.1 Å². The van der Waals surface area contributed by atoms with Crippen molar-refractivity contribution in [3.8, 4) is 0 Å². The Morgan fingerprint density at radius 3 is 2.48 bits per heavy atom. The molecule has 1 heterocycles. The minimum Gasteiger partial charge on any atom is -0.452 e. The van der Waals surface area contributed by atoms with Crippen molar-refractivity contribution in [2.75, 3.05) is 11.9 Å². The zero-order valence-electron chi connectivity index (χ0n) is 13.1. The van der Waals surface area contributed by atoms with Crippen LogP contribution < -0.4 is 5.32 Å². The normalized spacial score (nSPS) is 10.3. The van der Waals surface area contributed by atoms with Crippen molar-refractivity contribution in [3.05, 3.63) is 57.9 Å². The standard InChI is InChI=1S/C17H17ClN2O3/c1-10-7-11(2)15(12(3)8-10)17(22)23-9-14(21)20-13-5-4-6-19-16(13)18/h4-8H,9H2,1-3H3,(H,20,21). The summed E-state index contributed by atoms with van der Waals surface area (Å²) in [7, 11) is 0. The molecule has 1 aromatic carbocycles. The summed E-state index contributed by atoms with van der Waals surface area (Å²) in [6, 6.07) is 7.06. The Hall–Kier alpha value is -2.40. The molecule has 23 heavy (non-hydrogen) atoms. The molecule has 6 heteroatoms. The molecule has 1 amide bonds. The number of nitrogens with one attached hydrogen (secondary N) is 1. The van der Waals surface area contributed by atoms with E-state index in [0.717, 1.165) is 16.7 Å². The fourth-order valence-electron chi connectivity index (χ4n) is 2.37. The van der Waals surface area contributed by atoms with Crippen molar-refractivity contribution in [1.29, 1.82) is 0 Å². The van der Waals surface area contributed by atoms with Crippen LogP contribution in [-0.2, 0) is 9.53 Å². The predicted octanol–water partition coefficient (Wildman–Crippen LogP) is 3.46. The van der Waals surface area contributed by atoms with Crippen molar-refractivity contribution in [2.24, 2.45) is 0 Å². The van der Waals surface area contributed by atoms with Crippen molar-refractivity contribution in [3.63, 3.8) is 0 Å². The molecule has 120 valence electrons. The third kappa shape index (κ3) is 4.29. The van der Waals surface area contributed by atoms with Crippen LogP contribution in [0.3, 0.4) is 0 Å². The van der Waals surface area contributed by atoms with Crippen molar-refractivity contribution in [2.45, 2.75) is 20.8 Å². The molecule has 0 bridgehead atoms. The highest BCUT2D eigenvalue weighted by Crippen LogP contribution is 2.18. The lowest BCUT2D eigenvalue weighted by Gasteiger charge is -2.11. The molecule has 0 unspecified atom stereocenters. The summed E-state index contributed by atoms with van der Waals surface area (Å²) in [6.07, 6.45) is 1.51. The first-order chi connectivity index (χ1) is 10.9. The molecule has 0 spiro atoms. The number of benzene rings is 1. The van der Waals surface area contributed by atoms with Gasteiger partial charge in [0.05, 0.1) is 11.3 Å². The van der Waals surface area contributed by atoms with Gasteiger partial charge >= 0.3 is 5.97 Å². The van der Waals surface area contributed by atoms with Gasteiger partial charge in [0, 0.05) is 6.20 Å². The molecule has 0 aliphatic heterocycles. The molecule has 0 saturated heterocycles. The van der Waals surface area contributed by atoms with Crippen LogP contribution in [0.1, 0.15) is 27.0 Å². The Bertz CT molecular complexity index is 736. The molecule has 5 nitrogen and oxygen atoms in total. The number of carbonyl (C=O) groups is 2. The van der Waals surface area contributed by atoms with Crippen LogP contribution >= 0.6 is 11.6 Å². The van der Waals surface area contributed by atoms with Crippen LogP contribution in [0.4, 0.5) is 5.69 Å². The number of carbonyl (C=O) groups excluding carboxylic acids is 2. The Balaban J connectivity index is 2.00. The number of amides is 1. The number of nitrogens with zero attached hydrogens (tertiary/aromatic N) is 1. The first-order valence-corrected chi connectivity index (χ1v) is 7.41. The van der Waals surface area contributed by atoms with Crippen LogP contribution in [0.2, 0.25) is 5.15 Å². The lowest BCUT2D eigenvalue weighted by molar-refractivity contribution is -0.119. The number of hydrogen-bond donors (Lipinski definition) is 1. The maximum absolute atomic E-state index is 12.2. The molecule has 0 saturated carbocycles. The lowest BCUT2D eigenvalue weighted by Crippen LogP contribution is -2.22. The second-order valence-electron chi connectivity index (χ2n) is 5.24. The van der Waals surface area contributed by atoms with E-state index in [9.17, 15) is 9.59 Å². The summed E-state index contributed by atoms with van der Waals surface area (Å²) in [5.41, 5.74) is 3.58. The van der Waals surface area contributed by atoms with Gasteiger partial charge in [-0.25, -0.2) is 9.78 Å². The Kier molecular flexibility index (Phi) is 5.34. The van der Waals surface area contributed by atoms with E-state index in [-0.39, 0.29) is 5.15 Å². The molecular formula is C17H17ClN2O3. The van der Waals surface area contributed by atoms with Gasteiger partial charge in [-0.1, -0.05) is 29.3 Å². The van der Waals surface area contributed by atoms with E-state index in [2.05, 4.69) is 10.3 Å². The molecule has 0 fully saturated rings. The molecule has 0 aliphatic rings. The summed E-state index contributed by atoms with van der Waals surface area (Å²) in [4.78, 5) is 27.9. The maximum atomic E-state index is 12.2. The molecule has 0 atom stereocenters. The van der Waals surface area contributed by atoms with E-state index >= 15 is 0 Å². The average molecular weight is 333 g/mol. The van der Waals surface area contributed by atoms with Gasteiger partial charge in [0.2, 0.25) is 0 Å². The minimum atomic E-state index is -0.521. The number of hydrogen-bond acceptors (Lipinski definition) is 4. The van der Waals surface area contributed by atoms with Crippen molar-refractivity contribution >= 4 is 29.2 Å². The number of esters is 1. The highest BCUT2D eigenvalue weighted by Gasteiger charge is 2.16. The lowest BCUT2D eigenvalue weighted by atomic mass is 10.00. The van der Waals surface area contributed by atoms with Crippen LogP contribution in [0, 0.1) is 20.8 Å². The molecular weight excluding hydrogens is 316 g/mol. The largest absolute Gasteiger partial charge is 0.452 e. The molecule has 1 aromatic heterocycles. The zero-order chi connectivity index (χ0) is 17.0. The van der Waals surface area contributed by atoms with Gasteiger partial charge in [-0.15, -0.1) is 0 Å². The molecule has 0 aliphatic carbocycles. The maximum Gasteiger partial charge on any atom is 0.339 e. The summed E-state index contributed by atoms with van der Waals surface area (Å²) in [6.45, 7) is 5.25. The first-order valence-electron chi connectivity index (χ1n) is 7.04. The summed E-state index contributed by atoms with van der Waals surface area (Å²) >= 11 is 5.85. The van der Waals surface area contributed by atoms with E-state index in [1.807, 2.05) is 32.9 Å². The van der Waals surface area contributed by atoms with Crippen molar-refractivity contribution in [1.82, 2.24) is 4.98 Å². The average Bonchev–Trinajstić information content (AvgIpc) is 2.46. The van der Waals surface area contributed by atoms with Crippen LogP contribution in [0.5, 0.6) is 0 Å². The van der Waals surface area contributed by atoms with Gasteiger partial charge in [-0.2, -0.15) is 0 Å². The SMILES string of the molecule is Cc1cc(C)c(C(=O)OCC(=O)Nc2cccnc2Cl)c(C)c1. The number of aryl methyl sites for hydroxylation is 3. The summed E-state index contributed by atoms with van der Waals surface area (Å²) in [5, 5.41) is 2.72. The van der Waals surface area contributed by atoms with E-state index < -0.39 is 18.5 Å². The fraction of sp³-hybridized carbons (Fsp3) is 0.235. The zero-order valence-corrected chi connectivity index (χ0v) is 13.9. The summed E-state index contributed by atoms with van der Waals surface area (Å²) in [5.74, 6) is -0.997. The van der Waals surface area contributed by atoms with Gasteiger partial charge in [-0.05, 0) is 44.0 Å². The molecule has 1 N–H and O–H groups in total. The monoisotopic (exact) mass is 332 g/mol. The highest BCUT2D eigenvalue weighted by atomic mass is 35.5. The minimum absolute atomic E-state index is 0.178. The predicted molar refractivity (Wildman–Crippen MR) is 88.8 cm³/mol. The fourth-order valence-corrected chi connectivity index (χ4v) is 2.54. The third-order valence-electron chi connectivity index (χ3n) is 3.25. The highest BCUT2D eigenvalue weighted by molar-refractivity contribution is 6.32. The smallest absolute Gasteiger partial charge is 0.339 e. The number of pyridine rings is 1. The van der Waals surface area contributed by atoms with E-state index in [4.69, 9.17) is 16.3 Å². The second-order valence-corrected chi connectivity index (χ2v) is 5.60. The first kappa shape index (κ1) is 17.0. The Morgan fingerprint density at radius 2 is 1.87 bits per heavy atom. The Labute approximate surface area is 139 Å². The van der Waals surface area contributed by atoms with Crippen LogP contribution in [0.15, 0.2) is 30.5 Å². The van der Waals surface area contributed by atoms with Gasteiger partial charge in [0.25, 0.3) is 5.91 Å². The topological polar surface area (TPSA) is 68.3 Å². The summed E-state index contributed by atoms with van der Waals surface area (Å²) < 4.78 is 5.09. The van der Waals surface area contributed by atoms with Crippen LogP contribution in [-0.4, -0.2) is 23.5 Å². The number of aromatic nitrogens is 1. The Morgan fingerprint density at radius 1 is 1.22 bits per heavy atom. The third-order valence-corrected chi connectivity index (χ3v) is 3.55. The number of anilines is 1. The molecule has 0 radical (unpaired) electrons. The van der Waals surface area contributed by atoms with Crippen molar-refractivity contribution < 1.29 is 14.3 Å². The number of ether oxygens (including phenoxy) is 1.